The Hall–Kier alpha value is -3.32. The second-order valence-corrected chi connectivity index (χ2v) is 8.36. The maximum atomic E-state index is 13.0. The molecule has 0 unspecified atom stereocenters. The van der Waals surface area contributed by atoms with E-state index in [0.29, 0.717) is 17.1 Å². The number of hydrogen-bond donors (Lipinski definition) is 0. The molecule has 4 aromatic rings. The third-order valence-electron chi connectivity index (χ3n) is 4.74. The normalized spacial score (nSPS) is 11.5. The van der Waals surface area contributed by atoms with Crippen LogP contribution in [0.15, 0.2) is 73.1 Å². The first kappa shape index (κ1) is 19.0. The van der Waals surface area contributed by atoms with Crippen LogP contribution in [0.4, 0.5) is 0 Å². The number of pyridine rings is 1. The summed E-state index contributed by atoms with van der Waals surface area (Å²) in [5.74, 6) is 1.13. The van der Waals surface area contributed by atoms with Gasteiger partial charge in [0, 0.05) is 17.8 Å². The van der Waals surface area contributed by atoms with Crippen LogP contribution in [-0.4, -0.2) is 31.6 Å². The van der Waals surface area contributed by atoms with Crippen molar-refractivity contribution in [2.45, 2.75) is 5.75 Å². The molecule has 0 aliphatic rings. The lowest BCUT2D eigenvalue weighted by Gasteiger charge is -2.11. The Labute approximate surface area is 169 Å². The number of fused-ring (bicyclic) bond motifs is 1. The Balaban J connectivity index is 1.80. The number of benzene rings is 2. The molecular formula is C22H20N2O4S. The molecule has 0 atom stereocenters. The minimum Gasteiger partial charge on any atom is -0.493 e. The van der Waals surface area contributed by atoms with Crippen LogP contribution in [0.1, 0.15) is 5.56 Å². The minimum absolute atomic E-state index is 0.0973. The van der Waals surface area contributed by atoms with Crippen molar-refractivity contribution >= 4 is 21.1 Å². The van der Waals surface area contributed by atoms with Crippen LogP contribution in [0.5, 0.6) is 11.5 Å². The van der Waals surface area contributed by atoms with E-state index in [1.165, 1.54) is 3.97 Å². The maximum Gasteiger partial charge on any atom is 0.244 e. The van der Waals surface area contributed by atoms with Gasteiger partial charge in [-0.2, -0.15) is 0 Å². The van der Waals surface area contributed by atoms with E-state index in [1.54, 1.807) is 44.8 Å². The molecular weight excluding hydrogens is 388 g/mol. The molecule has 0 spiro atoms. The van der Waals surface area contributed by atoms with E-state index in [1.807, 2.05) is 42.5 Å². The molecule has 7 heteroatoms. The zero-order chi connectivity index (χ0) is 20.4. The van der Waals surface area contributed by atoms with Crippen LogP contribution < -0.4 is 9.47 Å². The van der Waals surface area contributed by atoms with Crippen molar-refractivity contribution in [3.8, 4) is 22.6 Å². The van der Waals surface area contributed by atoms with Crippen LogP contribution in [-0.2, 0) is 15.8 Å². The van der Waals surface area contributed by atoms with Gasteiger partial charge in [-0.25, -0.2) is 17.4 Å². The maximum absolute atomic E-state index is 13.0. The summed E-state index contributed by atoms with van der Waals surface area (Å²) in [6, 6.07) is 18.3. The first-order valence-corrected chi connectivity index (χ1v) is 10.6. The Morgan fingerprint density at radius 2 is 1.69 bits per heavy atom. The molecule has 0 radical (unpaired) electrons. The van der Waals surface area contributed by atoms with Gasteiger partial charge >= 0.3 is 0 Å². The summed E-state index contributed by atoms with van der Waals surface area (Å²) >= 11 is 0. The number of nitrogens with zero attached hydrogens (tertiary/aromatic N) is 2. The minimum atomic E-state index is -3.61. The lowest BCUT2D eigenvalue weighted by Crippen LogP contribution is -2.14. The molecule has 0 N–H and O–H groups in total. The molecule has 0 saturated carbocycles. The van der Waals surface area contributed by atoms with Gasteiger partial charge in [0.05, 0.1) is 20.0 Å². The van der Waals surface area contributed by atoms with Crippen molar-refractivity contribution in [2.24, 2.45) is 0 Å². The molecule has 2 aromatic carbocycles. The fourth-order valence-electron chi connectivity index (χ4n) is 3.35. The molecule has 0 aliphatic carbocycles. The van der Waals surface area contributed by atoms with Gasteiger partial charge in [0.25, 0.3) is 0 Å². The second-order valence-electron chi connectivity index (χ2n) is 6.52. The van der Waals surface area contributed by atoms with Gasteiger partial charge in [-0.15, -0.1) is 0 Å². The van der Waals surface area contributed by atoms with E-state index >= 15 is 0 Å². The Morgan fingerprint density at radius 1 is 0.931 bits per heavy atom. The Bertz CT molecular complexity index is 1260. The molecule has 0 saturated heterocycles. The molecule has 0 amide bonds. The molecule has 29 heavy (non-hydrogen) atoms. The predicted octanol–water partition coefficient (Wildman–Crippen LogP) is 4.10. The van der Waals surface area contributed by atoms with Crippen LogP contribution in [0.2, 0.25) is 0 Å². The molecule has 0 bridgehead atoms. The van der Waals surface area contributed by atoms with Gasteiger partial charge in [0.15, 0.2) is 17.1 Å². The molecule has 4 rings (SSSR count). The highest BCUT2D eigenvalue weighted by Crippen LogP contribution is 2.35. The second kappa shape index (κ2) is 7.60. The van der Waals surface area contributed by atoms with Gasteiger partial charge in [-0.05, 0) is 41.0 Å². The van der Waals surface area contributed by atoms with Gasteiger partial charge in [-0.3, -0.25) is 0 Å². The summed E-state index contributed by atoms with van der Waals surface area (Å²) in [7, 11) is -0.447. The molecule has 6 nitrogen and oxygen atoms in total. The lowest BCUT2D eigenvalue weighted by molar-refractivity contribution is 0.355. The van der Waals surface area contributed by atoms with Gasteiger partial charge in [0.2, 0.25) is 10.0 Å². The quantitative estimate of drug-likeness (QED) is 0.480. The average Bonchev–Trinajstić information content (AvgIpc) is 3.19. The van der Waals surface area contributed by atoms with Gasteiger partial charge < -0.3 is 9.47 Å². The fraction of sp³-hybridized carbons (Fsp3) is 0.136. The number of ether oxygens (including phenoxy) is 2. The van der Waals surface area contributed by atoms with E-state index < -0.39 is 10.0 Å². The van der Waals surface area contributed by atoms with E-state index in [-0.39, 0.29) is 5.75 Å². The van der Waals surface area contributed by atoms with E-state index in [9.17, 15) is 8.42 Å². The Kier molecular flexibility index (Phi) is 4.98. The molecule has 2 aromatic heterocycles. The largest absolute Gasteiger partial charge is 0.493 e. The third kappa shape index (κ3) is 3.56. The van der Waals surface area contributed by atoms with Crippen LogP contribution >= 0.6 is 0 Å². The smallest absolute Gasteiger partial charge is 0.244 e. The molecule has 0 fully saturated rings. The van der Waals surface area contributed by atoms with Crippen molar-refractivity contribution in [1.82, 2.24) is 8.96 Å². The van der Waals surface area contributed by atoms with Gasteiger partial charge in [0.1, 0.15) is 0 Å². The summed E-state index contributed by atoms with van der Waals surface area (Å²) < 4.78 is 37.9. The van der Waals surface area contributed by atoms with Crippen molar-refractivity contribution in [2.75, 3.05) is 14.2 Å². The van der Waals surface area contributed by atoms with E-state index in [2.05, 4.69) is 4.98 Å². The monoisotopic (exact) mass is 408 g/mol. The van der Waals surface area contributed by atoms with E-state index in [0.717, 1.165) is 22.1 Å². The van der Waals surface area contributed by atoms with Crippen molar-refractivity contribution in [1.29, 1.82) is 0 Å². The number of rotatable bonds is 6. The lowest BCUT2D eigenvalue weighted by atomic mass is 10.0. The zero-order valence-corrected chi connectivity index (χ0v) is 16.9. The SMILES string of the molecule is COc1ccc(-c2ccnc3c2ccn3S(=O)(=O)Cc2ccccc2)cc1OC. The molecule has 148 valence electrons. The van der Waals surface area contributed by atoms with Gasteiger partial charge in [-0.1, -0.05) is 36.4 Å². The zero-order valence-electron chi connectivity index (χ0n) is 16.1. The standard InChI is InChI=1S/C22H20N2O4S/c1-27-20-9-8-17(14-21(20)28-2)18-10-12-23-22-19(18)11-13-24(22)29(25,26)15-16-6-4-3-5-7-16/h3-14H,15H2,1-2H3. The summed E-state index contributed by atoms with van der Waals surface area (Å²) in [4.78, 5) is 4.34. The third-order valence-corrected chi connectivity index (χ3v) is 6.33. The van der Waals surface area contributed by atoms with Crippen molar-refractivity contribution in [3.63, 3.8) is 0 Å². The Morgan fingerprint density at radius 3 is 2.41 bits per heavy atom. The highest BCUT2D eigenvalue weighted by Gasteiger charge is 2.19. The van der Waals surface area contributed by atoms with E-state index in [4.69, 9.17) is 9.47 Å². The summed E-state index contributed by atoms with van der Waals surface area (Å²) in [6.07, 6.45) is 3.17. The molecule has 0 aliphatic heterocycles. The first-order valence-electron chi connectivity index (χ1n) is 8.99. The number of aromatic nitrogens is 2. The highest BCUT2D eigenvalue weighted by molar-refractivity contribution is 7.89. The number of hydrogen-bond acceptors (Lipinski definition) is 5. The molecule has 2 heterocycles. The summed E-state index contributed by atoms with van der Waals surface area (Å²) in [6.45, 7) is 0. The number of methoxy groups -OCH3 is 2. The summed E-state index contributed by atoms with van der Waals surface area (Å²) in [5.41, 5.74) is 2.87. The van der Waals surface area contributed by atoms with Crippen molar-refractivity contribution < 1.29 is 17.9 Å². The topological polar surface area (TPSA) is 70.4 Å². The summed E-state index contributed by atoms with van der Waals surface area (Å²) in [5, 5.41) is 0.747. The predicted molar refractivity (Wildman–Crippen MR) is 113 cm³/mol. The van der Waals surface area contributed by atoms with Crippen molar-refractivity contribution in [3.05, 3.63) is 78.6 Å². The van der Waals surface area contributed by atoms with Crippen LogP contribution in [0.3, 0.4) is 0 Å². The highest BCUT2D eigenvalue weighted by atomic mass is 32.2. The van der Waals surface area contributed by atoms with Crippen LogP contribution in [0.25, 0.3) is 22.2 Å². The first-order chi connectivity index (χ1) is 14.0. The van der Waals surface area contributed by atoms with Crippen LogP contribution in [0, 0.1) is 0 Å². The fourth-order valence-corrected chi connectivity index (χ4v) is 4.76. The average molecular weight is 408 g/mol.